The molecule has 0 saturated carbocycles. The summed E-state index contributed by atoms with van der Waals surface area (Å²) in [6.45, 7) is 1.17. The second-order valence-corrected chi connectivity index (χ2v) is 5.80. The third-order valence-corrected chi connectivity index (χ3v) is 4.02. The first-order chi connectivity index (χ1) is 12.7. The van der Waals surface area contributed by atoms with Crippen molar-refractivity contribution >= 4 is 5.91 Å². The van der Waals surface area contributed by atoms with Gasteiger partial charge >= 0.3 is 0 Å². The minimum atomic E-state index is -0.208. The molecule has 0 saturated heterocycles. The Bertz CT molecular complexity index is 876. The van der Waals surface area contributed by atoms with Gasteiger partial charge in [0.15, 0.2) is 0 Å². The summed E-state index contributed by atoms with van der Waals surface area (Å²) >= 11 is 0. The van der Waals surface area contributed by atoms with Crippen LogP contribution in [0.5, 0.6) is 11.5 Å². The largest absolute Gasteiger partial charge is 0.497 e. The molecule has 1 N–H and O–H groups in total. The molecule has 134 valence electrons. The van der Waals surface area contributed by atoms with Gasteiger partial charge in [-0.15, -0.1) is 0 Å². The Labute approximate surface area is 152 Å². The molecule has 0 aliphatic heterocycles. The molecule has 2 aromatic carbocycles. The molecule has 1 amide bonds. The van der Waals surface area contributed by atoms with Crippen LogP contribution in [0.4, 0.5) is 0 Å². The van der Waals surface area contributed by atoms with Gasteiger partial charge in [0.2, 0.25) is 0 Å². The van der Waals surface area contributed by atoms with E-state index >= 15 is 0 Å². The Morgan fingerprint density at radius 1 is 1.12 bits per heavy atom. The average molecular weight is 351 g/mol. The summed E-state index contributed by atoms with van der Waals surface area (Å²) in [6.07, 6.45) is 5.46. The highest BCUT2D eigenvalue weighted by atomic mass is 16.5. The normalized spacial score (nSPS) is 10.4. The number of rotatable bonds is 7. The van der Waals surface area contributed by atoms with E-state index in [0.29, 0.717) is 23.6 Å². The van der Waals surface area contributed by atoms with Crippen LogP contribution in [0.3, 0.4) is 0 Å². The van der Waals surface area contributed by atoms with Gasteiger partial charge in [-0.2, -0.15) is 0 Å². The van der Waals surface area contributed by atoms with Crippen LogP contribution >= 0.6 is 0 Å². The number of amides is 1. The fourth-order valence-corrected chi connectivity index (χ4v) is 2.70. The summed E-state index contributed by atoms with van der Waals surface area (Å²) in [5.41, 5.74) is 2.62. The first-order valence-electron chi connectivity index (χ1n) is 8.23. The van der Waals surface area contributed by atoms with Crippen molar-refractivity contribution < 1.29 is 14.3 Å². The van der Waals surface area contributed by atoms with Crippen molar-refractivity contribution in [2.24, 2.45) is 0 Å². The molecule has 0 radical (unpaired) electrons. The Hall–Kier alpha value is -3.28. The molecule has 6 heteroatoms. The van der Waals surface area contributed by atoms with Crippen LogP contribution in [0, 0.1) is 0 Å². The molecule has 26 heavy (non-hydrogen) atoms. The average Bonchev–Trinajstić information content (AvgIpc) is 3.18. The summed E-state index contributed by atoms with van der Waals surface area (Å²) < 4.78 is 12.5. The van der Waals surface area contributed by atoms with Gasteiger partial charge in [-0.25, -0.2) is 4.98 Å². The number of nitrogens with one attached hydrogen (secondary N) is 1. The number of ether oxygens (including phenoxy) is 2. The van der Waals surface area contributed by atoms with Crippen LogP contribution in [0.15, 0.2) is 61.2 Å². The number of nitrogens with zero attached hydrogens (tertiary/aromatic N) is 2. The topological polar surface area (TPSA) is 65.4 Å². The van der Waals surface area contributed by atoms with Crippen LogP contribution in [0.2, 0.25) is 0 Å². The molecule has 3 rings (SSSR count). The highest BCUT2D eigenvalue weighted by Crippen LogP contribution is 2.23. The lowest BCUT2D eigenvalue weighted by molar-refractivity contribution is 0.0947. The zero-order valence-corrected chi connectivity index (χ0v) is 14.8. The van der Waals surface area contributed by atoms with Gasteiger partial charge in [0.1, 0.15) is 11.5 Å². The summed E-state index contributed by atoms with van der Waals surface area (Å²) in [5.74, 6) is 0.913. The number of hydrogen-bond donors (Lipinski definition) is 1. The van der Waals surface area contributed by atoms with Gasteiger partial charge in [-0.3, -0.25) is 4.79 Å². The third kappa shape index (κ3) is 4.22. The lowest BCUT2D eigenvalue weighted by atomic mass is 10.1. The van der Waals surface area contributed by atoms with E-state index in [1.54, 1.807) is 37.8 Å². The fraction of sp³-hybridized carbons (Fsp3) is 0.200. The fourth-order valence-electron chi connectivity index (χ4n) is 2.70. The lowest BCUT2D eigenvalue weighted by Gasteiger charge is -2.11. The number of aromatic nitrogens is 2. The van der Waals surface area contributed by atoms with Gasteiger partial charge < -0.3 is 19.4 Å². The molecule has 3 aromatic rings. The van der Waals surface area contributed by atoms with Crippen LogP contribution in [0.1, 0.15) is 21.5 Å². The molecule has 1 heterocycles. The molecule has 0 bridgehead atoms. The summed E-state index contributed by atoms with van der Waals surface area (Å²) in [4.78, 5) is 16.6. The van der Waals surface area contributed by atoms with E-state index in [1.165, 1.54) is 7.11 Å². The minimum absolute atomic E-state index is 0.208. The van der Waals surface area contributed by atoms with Gasteiger partial charge in [-0.05, 0) is 29.3 Å². The van der Waals surface area contributed by atoms with E-state index in [4.69, 9.17) is 9.47 Å². The molecule has 0 unspecified atom stereocenters. The number of methoxy groups -OCH3 is 2. The monoisotopic (exact) mass is 351 g/mol. The molecular weight excluding hydrogens is 330 g/mol. The molecule has 0 aliphatic carbocycles. The first kappa shape index (κ1) is 17.5. The highest BCUT2D eigenvalue weighted by Gasteiger charge is 2.13. The number of carbonyl (C=O) groups is 1. The summed E-state index contributed by atoms with van der Waals surface area (Å²) in [5, 5.41) is 2.93. The highest BCUT2D eigenvalue weighted by molar-refractivity contribution is 5.97. The summed E-state index contributed by atoms with van der Waals surface area (Å²) in [6, 6.07) is 13.2. The van der Waals surface area contributed by atoms with Crippen molar-refractivity contribution in [3.05, 3.63) is 77.9 Å². The lowest BCUT2D eigenvalue weighted by Crippen LogP contribution is -2.23. The van der Waals surface area contributed by atoms with Crippen LogP contribution in [-0.2, 0) is 13.1 Å². The number of imidazole rings is 1. The Morgan fingerprint density at radius 2 is 1.96 bits per heavy atom. The number of carbonyl (C=O) groups excluding carboxylic acids is 1. The maximum absolute atomic E-state index is 12.5. The number of hydrogen-bond acceptors (Lipinski definition) is 4. The van der Waals surface area contributed by atoms with Gasteiger partial charge in [-0.1, -0.05) is 24.3 Å². The summed E-state index contributed by atoms with van der Waals surface area (Å²) in [7, 11) is 3.10. The molecule has 0 aliphatic rings. The zero-order chi connectivity index (χ0) is 18.4. The van der Waals surface area contributed by atoms with E-state index in [9.17, 15) is 4.79 Å². The van der Waals surface area contributed by atoms with E-state index < -0.39 is 0 Å². The van der Waals surface area contributed by atoms with Crippen molar-refractivity contribution in [1.29, 1.82) is 0 Å². The van der Waals surface area contributed by atoms with Crippen LogP contribution in [0.25, 0.3) is 0 Å². The predicted octanol–water partition coefficient (Wildman–Crippen LogP) is 2.88. The molecule has 0 fully saturated rings. The Morgan fingerprint density at radius 3 is 2.69 bits per heavy atom. The quantitative estimate of drug-likeness (QED) is 0.711. The van der Waals surface area contributed by atoms with Crippen molar-refractivity contribution in [2.75, 3.05) is 14.2 Å². The van der Waals surface area contributed by atoms with Crippen LogP contribution in [-0.4, -0.2) is 29.7 Å². The van der Waals surface area contributed by atoms with Crippen LogP contribution < -0.4 is 14.8 Å². The maximum Gasteiger partial charge on any atom is 0.255 e. The smallest absolute Gasteiger partial charge is 0.255 e. The molecule has 0 spiro atoms. The maximum atomic E-state index is 12.5. The molecular formula is C20H21N3O3. The minimum Gasteiger partial charge on any atom is -0.497 e. The second kappa shape index (κ2) is 8.20. The molecule has 6 nitrogen and oxygen atoms in total. The van der Waals surface area contributed by atoms with E-state index in [0.717, 1.165) is 17.7 Å². The SMILES string of the molecule is COc1ccc(OC)c(C(=O)NCc2cccc(Cn3ccnc3)c2)c1. The number of benzene rings is 2. The van der Waals surface area contributed by atoms with Crippen molar-refractivity contribution in [3.8, 4) is 11.5 Å². The molecule has 0 atom stereocenters. The third-order valence-electron chi connectivity index (χ3n) is 4.02. The standard InChI is InChI=1S/C20H21N3O3/c1-25-17-6-7-19(26-2)18(11-17)20(24)22-12-15-4-3-5-16(10-15)13-23-9-8-21-14-23/h3-11,14H,12-13H2,1-2H3,(H,22,24). The molecule has 1 aromatic heterocycles. The van der Waals surface area contributed by atoms with E-state index in [-0.39, 0.29) is 5.91 Å². The van der Waals surface area contributed by atoms with Gasteiger partial charge in [0.25, 0.3) is 5.91 Å². The van der Waals surface area contributed by atoms with Gasteiger partial charge in [0, 0.05) is 25.5 Å². The first-order valence-corrected chi connectivity index (χ1v) is 8.23. The second-order valence-electron chi connectivity index (χ2n) is 5.80. The van der Waals surface area contributed by atoms with Crippen molar-refractivity contribution in [2.45, 2.75) is 13.1 Å². The van der Waals surface area contributed by atoms with Crippen molar-refractivity contribution in [1.82, 2.24) is 14.9 Å². The predicted molar refractivity (Wildman–Crippen MR) is 98.5 cm³/mol. The van der Waals surface area contributed by atoms with E-state index in [1.807, 2.05) is 22.9 Å². The zero-order valence-electron chi connectivity index (χ0n) is 14.8. The van der Waals surface area contributed by atoms with Gasteiger partial charge in [0.05, 0.1) is 26.1 Å². The van der Waals surface area contributed by atoms with Crippen molar-refractivity contribution in [3.63, 3.8) is 0 Å². The van der Waals surface area contributed by atoms with E-state index in [2.05, 4.69) is 22.4 Å². The Kier molecular flexibility index (Phi) is 5.53. The Balaban J connectivity index is 1.68.